The molecule has 0 saturated carbocycles. The standard InChI is InChI=1S/C52H34N4/c1-3-13-36(14-4-1)46-34-47(54-52(53-46)38-15-5-2-6-16-38)37-25-23-35(24-26-37)39-27-32-51-45(33-39)44-19-9-12-22-50(44)56(51)41-30-28-40(29-31-41)55-48-20-10-7-17-42(48)43-18-8-11-21-49(43)55/h1-34H. The molecule has 0 fully saturated rings. The first kappa shape index (κ1) is 31.9. The molecular weight excluding hydrogens is 681 g/mol. The van der Waals surface area contributed by atoms with Crippen LogP contribution in [-0.4, -0.2) is 19.1 Å². The summed E-state index contributed by atoms with van der Waals surface area (Å²) in [5.74, 6) is 0.717. The molecule has 4 nitrogen and oxygen atoms in total. The van der Waals surface area contributed by atoms with Gasteiger partial charge < -0.3 is 9.13 Å². The molecule has 0 saturated heterocycles. The minimum atomic E-state index is 0.717. The van der Waals surface area contributed by atoms with Gasteiger partial charge in [0.1, 0.15) is 0 Å². The van der Waals surface area contributed by atoms with E-state index in [0.29, 0.717) is 5.82 Å². The molecule has 0 bridgehead atoms. The van der Waals surface area contributed by atoms with Crippen LogP contribution in [0.25, 0.3) is 100 Å². The molecule has 0 amide bonds. The molecule has 3 heterocycles. The van der Waals surface area contributed by atoms with Gasteiger partial charge >= 0.3 is 0 Å². The van der Waals surface area contributed by atoms with Crippen LogP contribution in [0.4, 0.5) is 0 Å². The van der Waals surface area contributed by atoms with Crippen LogP contribution in [-0.2, 0) is 0 Å². The van der Waals surface area contributed by atoms with E-state index >= 15 is 0 Å². The summed E-state index contributed by atoms with van der Waals surface area (Å²) in [5.41, 5.74) is 14.3. The summed E-state index contributed by atoms with van der Waals surface area (Å²) in [5, 5.41) is 4.99. The van der Waals surface area contributed by atoms with E-state index in [1.54, 1.807) is 0 Å². The zero-order valence-corrected chi connectivity index (χ0v) is 30.4. The predicted molar refractivity (Wildman–Crippen MR) is 232 cm³/mol. The average molecular weight is 715 g/mol. The van der Waals surface area contributed by atoms with Gasteiger partial charge in [0.15, 0.2) is 5.82 Å². The number of benzene rings is 8. The van der Waals surface area contributed by atoms with Crippen LogP contribution >= 0.6 is 0 Å². The van der Waals surface area contributed by atoms with E-state index in [4.69, 9.17) is 9.97 Å². The zero-order valence-electron chi connectivity index (χ0n) is 30.4. The molecule has 0 aliphatic rings. The van der Waals surface area contributed by atoms with Gasteiger partial charge in [0.25, 0.3) is 0 Å². The van der Waals surface area contributed by atoms with Crippen molar-refractivity contribution in [1.29, 1.82) is 0 Å². The fourth-order valence-electron chi connectivity index (χ4n) is 8.28. The predicted octanol–water partition coefficient (Wildman–Crippen LogP) is 13.3. The maximum absolute atomic E-state index is 5.04. The molecule has 3 aromatic heterocycles. The van der Waals surface area contributed by atoms with Crippen molar-refractivity contribution in [1.82, 2.24) is 19.1 Å². The first-order valence-corrected chi connectivity index (χ1v) is 19.0. The molecule has 4 heteroatoms. The summed E-state index contributed by atoms with van der Waals surface area (Å²) in [4.78, 5) is 10.0. The number of fused-ring (bicyclic) bond motifs is 6. The first-order chi connectivity index (χ1) is 27.8. The Morgan fingerprint density at radius 1 is 0.268 bits per heavy atom. The second-order valence-electron chi connectivity index (χ2n) is 14.2. The maximum Gasteiger partial charge on any atom is 0.160 e. The highest BCUT2D eigenvalue weighted by Crippen LogP contribution is 2.37. The molecule has 0 unspecified atom stereocenters. The highest BCUT2D eigenvalue weighted by atomic mass is 15.0. The van der Waals surface area contributed by atoms with Crippen molar-refractivity contribution in [3.8, 4) is 56.4 Å². The van der Waals surface area contributed by atoms with E-state index < -0.39 is 0 Å². The van der Waals surface area contributed by atoms with Crippen molar-refractivity contribution >= 4 is 43.6 Å². The summed E-state index contributed by atoms with van der Waals surface area (Å²) in [6.45, 7) is 0. The normalized spacial score (nSPS) is 11.6. The van der Waals surface area contributed by atoms with Gasteiger partial charge in [-0.2, -0.15) is 0 Å². The summed E-state index contributed by atoms with van der Waals surface area (Å²) in [6, 6.07) is 73.2. The highest BCUT2D eigenvalue weighted by Gasteiger charge is 2.16. The number of para-hydroxylation sites is 3. The Kier molecular flexibility index (Phi) is 7.46. The van der Waals surface area contributed by atoms with Gasteiger partial charge in [0.05, 0.1) is 33.5 Å². The lowest BCUT2D eigenvalue weighted by Crippen LogP contribution is -1.97. The smallest absolute Gasteiger partial charge is 0.160 e. The number of hydrogen-bond acceptors (Lipinski definition) is 2. The second kappa shape index (κ2) is 13.1. The fourth-order valence-corrected chi connectivity index (χ4v) is 8.28. The molecule has 11 rings (SSSR count). The van der Waals surface area contributed by atoms with Crippen molar-refractivity contribution in [2.24, 2.45) is 0 Å². The van der Waals surface area contributed by atoms with Crippen LogP contribution in [0.3, 0.4) is 0 Å². The lowest BCUT2D eigenvalue weighted by Gasteiger charge is -2.12. The minimum Gasteiger partial charge on any atom is -0.309 e. The Hall–Kier alpha value is -7.56. The Morgan fingerprint density at radius 3 is 1.20 bits per heavy atom. The van der Waals surface area contributed by atoms with Crippen LogP contribution in [0.15, 0.2) is 206 Å². The quantitative estimate of drug-likeness (QED) is 0.172. The SMILES string of the molecule is c1ccc(-c2cc(-c3ccc(-c4ccc5c(c4)c4ccccc4n5-c4ccc(-n5c6ccccc6c6ccccc65)cc4)cc3)nc(-c3ccccc3)n2)cc1. The van der Waals surface area contributed by atoms with Crippen molar-refractivity contribution in [3.63, 3.8) is 0 Å². The van der Waals surface area contributed by atoms with E-state index in [1.807, 2.05) is 36.4 Å². The van der Waals surface area contributed by atoms with Gasteiger partial charge in [0.2, 0.25) is 0 Å². The molecule has 0 aliphatic heterocycles. The second-order valence-corrected chi connectivity index (χ2v) is 14.2. The number of rotatable bonds is 6. The number of hydrogen-bond donors (Lipinski definition) is 0. The van der Waals surface area contributed by atoms with Crippen LogP contribution < -0.4 is 0 Å². The van der Waals surface area contributed by atoms with Crippen LogP contribution in [0, 0.1) is 0 Å². The van der Waals surface area contributed by atoms with Gasteiger partial charge in [-0.05, 0) is 71.8 Å². The van der Waals surface area contributed by atoms with Gasteiger partial charge in [-0.25, -0.2) is 9.97 Å². The lowest BCUT2D eigenvalue weighted by atomic mass is 10.00. The molecule has 56 heavy (non-hydrogen) atoms. The fraction of sp³-hybridized carbons (Fsp3) is 0. The van der Waals surface area contributed by atoms with Gasteiger partial charge in [-0.3, -0.25) is 0 Å². The Labute approximate surface area is 324 Å². The Morgan fingerprint density at radius 2 is 0.661 bits per heavy atom. The molecule has 0 N–H and O–H groups in total. The topological polar surface area (TPSA) is 35.6 Å². The molecule has 0 aliphatic carbocycles. The minimum absolute atomic E-state index is 0.717. The van der Waals surface area contributed by atoms with Crippen molar-refractivity contribution in [2.45, 2.75) is 0 Å². The van der Waals surface area contributed by atoms with Gasteiger partial charge in [-0.15, -0.1) is 0 Å². The number of aromatic nitrogens is 4. The molecule has 8 aromatic carbocycles. The maximum atomic E-state index is 5.04. The number of nitrogens with zero attached hydrogens (tertiary/aromatic N) is 4. The molecule has 0 spiro atoms. The molecule has 262 valence electrons. The van der Waals surface area contributed by atoms with Gasteiger partial charge in [0, 0.05) is 49.6 Å². The first-order valence-electron chi connectivity index (χ1n) is 19.0. The summed E-state index contributed by atoms with van der Waals surface area (Å²) >= 11 is 0. The molecular formula is C52H34N4. The van der Waals surface area contributed by atoms with E-state index in [1.165, 1.54) is 49.2 Å². The van der Waals surface area contributed by atoms with Crippen LogP contribution in [0.5, 0.6) is 0 Å². The van der Waals surface area contributed by atoms with Crippen molar-refractivity contribution in [3.05, 3.63) is 206 Å². The Bertz CT molecular complexity index is 3100. The zero-order chi connectivity index (χ0) is 37.0. The third-order valence-corrected chi connectivity index (χ3v) is 11.0. The third-order valence-electron chi connectivity index (χ3n) is 11.0. The van der Waals surface area contributed by atoms with E-state index in [0.717, 1.165) is 45.0 Å². The highest BCUT2D eigenvalue weighted by molar-refractivity contribution is 6.11. The van der Waals surface area contributed by atoms with Gasteiger partial charge in [-0.1, -0.05) is 146 Å². The van der Waals surface area contributed by atoms with E-state index in [2.05, 4.69) is 179 Å². The largest absolute Gasteiger partial charge is 0.309 e. The summed E-state index contributed by atoms with van der Waals surface area (Å²) < 4.78 is 4.75. The monoisotopic (exact) mass is 714 g/mol. The van der Waals surface area contributed by atoms with Crippen LogP contribution in [0.1, 0.15) is 0 Å². The van der Waals surface area contributed by atoms with Crippen molar-refractivity contribution in [2.75, 3.05) is 0 Å². The third kappa shape index (κ3) is 5.31. The summed E-state index contributed by atoms with van der Waals surface area (Å²) in [6.07, 6.45) is 0. The Balaban J connectivity index is 0.967. The van der Waals surface area contributed by atoms with E-state index in [9.17, 15) is 0 Å². The average Bonchev–Trinajstić information content (AvgIpc) is 3.80. The molecule has 0 atom stereocenters. The summed E-state index contributed by atoms with van der Waals surface area (Å²) in [7, 11) is 0. The molecule has 0 radical (unpaired) electrons. The van der Waals surface area contributed by atoms with Crippen LogP contribution in [0.2, 0.25) is 0 Å². The van der Waals surface area contributed by atoms with Crippen molar-refractivity contribution < 1.29 is 0 Å². The lowest BCUT2D eigenvalue weighted by molar-refractivity contribution is 1.14. The molecule has 11 aromatic rings. The van der Waals surface area contributed by atoms with E-state index in [-0.39, 0.29) is 0 Å².